The molecule has 1 heterocycles. The zero-order valence-electron chi connectivity index (χ0n) is 16.7. The minimum atomic E-state index is -1.05. The minimum Gasteiger partial charge on any atom is -0.497 e. The highest BCUT2D eigenvalue weighted by Crippen LogP contribution is 2.45. The number of hydrogen-bond acceptors (Lipinski definition) is 6. The monoisotopic (exact) mass is 406 g/mol. The lowest BCUT2D eigenvalue weighted by atomic mass is 9.96. The Morgan fingerprint density at radius 2 is 1.70 bits per heavy atom. The zero-order valence-corrected chi connectivity index (χ0v) is 16.7. The van der Waals surface area contributed by atoms with Crippen LogP contribution < -0.4 is 14.2 Å². The maximum atomic E-state index is 12.4. The number of esters is 1. The Balaban J connectivity index is 1.53. The number of rotatable bonds is 7. The van der Waals surface area contributed by atoms with E-state index in [2.05, 4.69) is 0 Å². The van der Waals surface area contributed by atoms with Gasteiger partial charge in [0.1, 0.15) is 35.5 Å². The van der Waals surface area contributed by atoms with Crippen LogP contribution >= 0.6 is 0 Å². The first-order chi connectivity index (χ1) is 14.6. The molecule has 4 rings (SSSR count). The third-order valence-electron chi connectivity index (χ3n) is 5.06. The Hall–Kier alpha value is -3.51. The Bertz CT molecular complexity index is 1030. The molecular formula is C24H22O6. The van der Waals surface area contributed by atoms with Gasteiger partial charge in [-0.1, -0.05) is 42.5 Å². The van der Waals surface area contributed by atoms with Gasteiger partial charge < -0.3 is 24.1 Å². The predicted octanol–water partition coefficient (Wildman–Crippen LogP) is 4.23. The van der Waals surface area contributed by atoms with E-state index in [9.17, 15) is 9.90 Å². The molecule has 1 N–H and O–H groups in total. The van der Waals surface area contributed by atoms with Gasteiger partial charge in [0, 0.05) is 11.6 Å². The first-order valence-corrected chi connectivity index (χ1v) is 9.52. The molecule has 0 aromatic heterocycles. The molecule has 0 aliphatic carbocycles. The number of aliphatic hydroxyl groups excluding tert-OH is 1. The van der Waals surface area contributed by atoms with Crippen LogP contribution in [0.4, 0.5) is 0 Å². The zero-order chi connectivity index (χ0) is 21.1. The van der Waals surface area contributed by atoms with Gasteiger partial charge in [-0.2, -0.15) is 0 Å². The molecule has 2 atom stereocenters. The van der Waals surface area contributed by atoms with E-state index < -0.39 is 18.2 Å². The molecule has 6 nitrogen and oxygen atoms in total. The summed E-state index contributed by atoms with van der Waals surface area (Å²) in [5.41, 5.74) is 2.52. The van der Waals surface area contributed by atoms with Crippen molar-refractivity contribution in [2.75, 3.05) is 14.2 Å². The van der Waals surface area contributed by atoms with Crippen LogP contribution in [0.3, 0.4) is 0 Å². The Morgan fingerprint density at radius 1 is 0.967 bits per heavy atom. The van der Waals surface area contributed by atoms with Crippen LogP contribution in [0.25, 0.3) is 0 Å². The number of benzene rings is 3. The average molecular weight is 406 g/mol. The molecule has 3 aromatic rings. The lowest BCUT2D eigenvalue weighted by Gasteiger charge is -2.19. The van der Waals surface area contributed by atoms with E-state index >= 15 is 0 Å². The Morgan fingerprint density at radius 3 is 2.37 bits per heavy atom. The molecule has 0 spiro atoms. The maximum absolute atomic E-state index is 12.4. The van der Waals surface area contributed by atoms with E-state index in [0.29, 0.717) is 40.5 Å². The van der Waals surface area contributed by atoms with Gasteiger partial charge in [0.25, 0.3) is 0 Å². The van der Waals surface area contributed by atoms with Gasteiger partial charge in [0.05, 0.1) is 14.2 Å². The second-order valence-corrected chi connectivity index (χ2v) is 6.91. The van der Waals surface area contributed by atoms with Crippen molar-refractivity contribution in [2.45, 2.75) is 18.8 Å². The molecule has 6 heteroatoms. The molecule has 0 saturated heterocycles. The average Bonchev–Trinajstić information content (AvgIpc) is 3.14. The Labute approximate surface area is 174 Å². The minimum absolute atomic E-state index is 0.310. The summed E-state index contributed by atoms with van der Waals surface area (Å²) in [5, 5.41) is 10.9. The number of carbonyl (C=O) groups excluding carboxylic acids is 1. The number of carbonyl (C=O) groups is 1. The van der Waals surface area contributed by atoms with E-state index in [1.165, 1.54) is 14.2 Å². The fourth-order valence-electron chi connectivity index (χ4n) is 3.48. The molecule has 0 amide bonds. The van der Waals surface area contributed by atoms with Crippen LogP contribution in [0.5, 0.6) is 17.2 Å². The van der Waals surface area contributed by atoms with Gasteiger partial charge in [0.15, 0.2) is 6.10 Å². The topological polar surface area (TPSA) is 74.2 Å². The molecule has 0 fully saturated rings. The molecule has 3 aromatic carbocycles. The van der Waals surface area contributed by atoms with Gasteiger partial charge in [0.2, 0.25) is 0 Å². The van der Waals surface area contributed by atoms with Crippen molar-refractivity contribution in [3.8, 4) is 17.2 Å². The highest BCUT2D eigenvalue weighted by atomic mass is 16.6. The lowest BCUT2D eigenvalue weighted by Crippen LogP contribution is -2.11. The largest absolute Gasteiger partial charge is 0.497 e. The third-order valence-corrected chi connectivity index (χ3v) is 5.06. The van der Waals surface area contributed by atoms with Crippen molar-refractivity contribution in [3.63, 3.8) is 0 Å². The first kappa shape index (κ1) is 19.8. The van der Waals surface area contributed by atoms with Crippen molar-refractivity contribution in [1.82, 2.24) is 0 Å². The summed E-state index contributed by atoms with van der Waals surface area (Å²) >= 11 is 0. The predicted molar refractivity (Wildman–Crippen MR) is 110 cm³/mol. The maximum Gasteiger partial charge on any atom is 0.343 e. The van der Waals surface area contributed by atoms with Crippen molar-refractivity contribution in [2.24, 2.45) is 0 Å². The summed E-state index contributed by atoms with van der Waals surface area (Å²) in [6.45, 7) is 0.454. The van der Waals surface area contributed by atoms with Crippen molar-refractivity contribution >= 4 is 5.97 Å². The number of methoxy groups -OCH3 is 2. The van der Waals surface area contributed by atoms with Crippen LogP contribution in [-0.4, -0.2) is 25.3 Å². The molecule has 0 saturated carbocycles. The van der Waals surface area contributed by atoms with E-state index in [1.54, 1.807) is 36.4 Å². The highest BCUT2D eigenvalue weighted by molar-refractivity contribution is 5.97. The van der Waals surface area contributed by atoms with E-state index in [-0.39, 0.29) is 0 Å². The number of aliphatic hydroxyl groups is 1. The smallest absolute Gasteiger partial charge is 0.343 e. The molecule has 0 bridgehead atoms. The summed E-state index contributed by atoms with van der Waals surface area (Å²) in [6, 6.07) is 20.3. The molecular weight excluding hydrogens is 384 g/mol. The normalized spacial score (nSPS) is 15.8. The molecule has 0 radical (unpaired) electrons. The van der Waals surface area contributed by atoms with Gasteiger partial charge in [-0.3, -0.25) is 0 Å². The van der Waals surface area contributed by atoms with Gasteiger partial charge in [-0.25, -0.2) is 4.79 Å². The molecule has 1 aliphatic rings. The summed E-state index contributed by atoms with van der Waals surface area (Å²) in [6.07, 6.45) is -1.90. The van der Waals surface area contributed by atoms with Crippen LogP contribution in [-0.2, 0) is 11.3 Å². The number of fused-ring (bicyclic) bond motifs is 1. The summed E-state index contributed by atoms with van der Waals surface area (Å²) < 4.78 is 21.8. The van der Waals surface area contributed by atoms with Crippen LogP contribution in [0, 0.1) is 0 Å². The molecule has 154 valence electrons. The SMILES string of the molecule is COc1cc(OC)c2c(c1)C(C(O)c1ccc(OCc3ccccc3)cc1)OC2=O. The quantitative estimate of drug-likeness (QED) is 0.592. The molecule has 2 unspecified atom stereocenters. The second kappa shape index (κ2) is 8.47. The van der Waals surface area contributed by atoms with Gasteiger partial charge >= 0.3 is 5.97 Å². The standard InChI is InChI=1S/C24H22O6/c1-27-18-12-19-21(20(13-18)28-2)24(26)30-23(19)22(25)16-8-10-17(11-9-16)29-14-15-6-4-3-5-7-15/h3-13,22-23,25H,14H2,1-2H3. The number of ether oxygens (including phenoxy) is 4. The Kier molecular flexibility index (Phi) is 5.59. The second-order valence-electron chi connectivity index (χ2n) is 6.91. The number of hydrogen-bond donors (Lipinski definition) is 1. The van der Waals surface area contributed by atoms with Gasteiger partial charge in [-0.15, -0.1) is 0 Å². The molecule has 1 aliphatic heterocycles. The summed E-state index contributed by atoms with van der Waals surface area (Å²) in [7, 11) is 3.00. The van der Waals surface area contributed by atoms with Crippen LogP contribution in [0.1, 0.15) is 39.3 Å². The molecule has 30 heavy (non-hydrogen) atoms. The van der Waals surface area contributed by atoms with Crippen molar-refractivity contribution in [3.05, 3.63) is 89.0 Å². The fourth-order valence-corrected chi connectivity index (χ4v) is 3.48. The van der Waals surface area contributed by atoms with E-state index in [0.717, 1.165) is 5.56 Å². The third kappa shape index (κ3) is 3.82. The van der Waals surface area contributed by atoms with E-state index in [4.69, 9.17) is 18.9 Å². The number of cyclic esters (lactones) is 1. The highest BCUT2D eigenvalue weighted by Gasteiger charge is 2.39. The van der Waals surface area contributed by atoms with Gasteiger partial charge in [-0.05, 0) is 29.3 Å². The summed E-state index contributed by atoms with van der Waals surface area (Å²) in [4.78, 5) is 12.4. The van der Waals surface area contributed by atoms with Crippen molar-refractivity contribution < 1.29 is 28.8 Å². The lowest BCUT2D eigenvalue weighted by molar-refractivity contribution is -0.0103. The van der Waals surface area contributed by atoms with Crippen LogP contribution in [0.2, 0.25) is 0 Å². The fraction of sp³-hybridized carbons (Fsp3) is 0.208. The first-order valence-electron chi connectivity index (χ1n) is 9.52. The van der Waals surface area contributed by atoms with Crippen molar-refractivity contribution in [1.29, 1.82) is 0 Å². The summed E-state index contributed by atoms with van der Waals surface area (Å²) in [5.74, 6) is 1.03. The van der Waals surface area contributed by atoms with E-state index in [1.807, 2.05) is 30.3 Å². The van der Waals surface area contributed by atoms with Crippen LogP contribution in [0.15, 0.2) is 66.7 Å².